The average molecular weight is 251 g/mol. The van der Waals surface area contributed by atoms with Crippen LogP contribution in [-0.2, 0) is 0 Å². The normalized spacial score (nSPS) is 21.4. The minimum atomic E-state index is 0.0581. The summed E-state index contributed by atoms with van der Waals surface area (Å²) < 4.78 is 0. The Bertz CT molecular complexity index is 379. The van der Waals surface area contributed by atoms with Crippen LogP contribution in [0.1, 0.15) is 12.0 Å². The first kappa shape index (κ1) is 9.53. The third-order valence-corrected chi connectivity index (χ3v) is 3.09. The first-order valence-corrected chi connectivity index (χ1v) is 5.50. The smallest absolute Gasteiger partial charge is 0.114 e. The summed E-state index contributed by atoms with van der Waals surface area (Å²) in [5.41, 5.74) is 1.98. The fraction of sp³-hybridized carbons (Fsp3) is 0.167. The molecular formula is C12H11BrO. The highest BCUT2D eigenvalue weighted by atomic mass is 79.9. The second-order valence-corrected chi connectivity index (χ2v) is 4.38. The number of hydrogen-bond acceptors (Lipinski definition) is 1. The standard InChI is InChI=1S/C12H11BrO/c13-11-8-4-7-10(12(11)14)9-5-2-1-3-6-9/h1-7,11,14H,8H2. The molecule has 0 radical (unpaired) electrons. The molecular weight excluding hydrogens is 240 g/mol. The first-order valence-electron chi connectivity index (χ1n) is 4.58. The van der Waals surface area contributed by atoms with E-state index in [0.29, 0.717) is 5.76 Å². The highest BCUT2D eigenvalue weighted by Gasteiger charge is 2.16. The van der Waals surface area contributed by atoms with Gasteiger partial charge in [-0.3, -0.25) is 0 Å². The van der Waals surface area contributed by atoms with Crippen LogP contribution in [0.2, 0.25) is 0 Å². The second-order valence-electron chi connectivity index (χ2n) is 3.27. The topological polar surface area (TPSA) is 20.2 Å². The Labute approximate surface area is 91.9 Å². The number of rotatable bonds is 1. The Kier molecular flexibility index (Phi) is 2.73. The second kappa shape index (κ2) is 4.01. The molecule has 1 aromatic carbocycles. The maximum absolute atomic E-state index is 9.87. The molecule has 2 heteroatoms. The van der Waals surface area contributed by atoms with Gasteiger partial charge in [-0.05, 0) is 12.0 Å². The number of aliphatic hydroxyl groups excluding tert-OH is 1. The van der Waals surface area contributed by atoms with Gasteiger partial charge in [0.15, 0.2) is 0 Å². The van der Waals surface area contributed by atoms with Crippen LogP contribution in [-0.4, -0.2) is 9.93 Å². The monoisotopic (exact) mass is 250 g/mol. The lowest BCUT2D eigenvalue weighted by Crippen LogP contribution is -2.06. The largest absolute Gasteiger partial charge is 0.510 e. The number of allylic oxidation sites excluding steroid dienone is 4. The molecule has 72 valence electrons. The lowest BCUT2D eigenvalue weighted by atomic mass is 9.98. The van der Waals surface area contributed by atoms with Crippen LogP contribution in [0, 0.1) is 0 Å². The fourth-order valence-electron chi connectivity index (χ4n) is 1.53. The van der Waals surface area contributed by atoms with Gasteiger partial charge in [-0.1, -0.05) is 58.4 Å². The molecule has 0 saturated carbocycles. The summed E-state index contributed by atoms with van der Waals surface area (Å²) in [6.07, 6.45) is 4.89. The van der Waals surface area contributed by atoms with E-state index in [4.69, 9.17) is 0 Å². The predicted molar refractivity (Wildman–Crippen MR) is 62.5 cm³/mol. The van der Waals surface area contributed by atoms with Crippen LogP contribution in [0.4, 0.5) is 0 Å². The zero-order valence-electron chi connectivity index (χ0n) is 7.65. The molecule has 1 aromatic rings. The van der Waals surface area contributed by atoms with Crippen LogP contribution in [0.15, 0.2) is 48.2 Å². The number of aliphatic hydroxyl groups is 1. The van der Waals surface area contributed by atoms with E-state index in [1.165, 1.54) is 0 Å². The highest BCUT2D eigenvalue weighted by Crippen LogP contribution is 2.29. The lowest BCUT2D eigenvalue weighted by molar-refractivity contribution is 0.397. The van der Waals surface area contributed by atoms with E-state index < -0.39 is 0 Å². The molecule has 0 heterocycles. The summed E-state index contributed by atoms with van der Waals surface area (Å²) in [7, 11) is 0. The molecule has 0 fully saturated rings. The number of hydrogen-bond donors (Lipinski definition) is 1. The van der Waals surface area contributed by atoms with Crippen molar-refractivity contribution >= 4 is 21.5 Å². The first-order chi connectivity index (χ1) is 6.79. The van der Waals surface area contributed by atoms with Crippen LogP contribution in [0.3, 0.4) is 0 Å². The third-order valence-electron chi connectivity index (χ3n) is 2.28. The Balaban J connectivity index is 2.44. The van der Waals surface area contributed by atoms with Crippen molar-refractivity contribution in [3.05, 3.63) is 53.8 Å². The molecule has 0 aromatic heterocycles. The predicted octanol–water partition coefficient (Wildman–Crippen LogP) is 3.68. The number of halogens is 1. The van der Waals surface area contributed by atoms with E-state index >= 15 is 0 Å². The zero-order chi connectivity index (χ0) is 9.97. The summed E-state index contributed by atoms with van der Waals surface area (Å²) in [5, 5.41) is 9.87. The Morgan fingerprint density at radius 2 is 1.93 bits per heavy atom. The molecule has 0 aliphatic heterocycles. The van der Waals surface area contributed by atoms with Gasteiger partial charge < -0.3 is 5.11 Å². The van der Waals surface area contributed by atoms with Crippen LogP contribution >= 0.6 is 15.9 Å². The van der Waals surface area contributed by atoms with Crippen LogP contribution in [0.5, 0.6) is 0 Å². The summed E-state index contributed by atoms with van der Waals surface area (Å²) in [4.78, 5) is 0.0581. The lowest BCUT2D eigenvalue weighted by Gasteiger charge is -2.15. The maximum Gasteiger partial charge on any atom is 0.114 e. The summed E-state index contributed by atoms with van der Waals surface area (Å²) in [6, 6.07) is 9.92. The van der Waals surface area contributed by atoms with Gasteiger partial charge >= 0.3 is 0 Å². The quantitative estimate of drug-likeness (QED) is 0.755. The van der Waals surface area contributed by atoms with Crippen molar-refractivity contribution in [1.29, 1.82) is 0 Å². The van der Waals surface area contributed by atoms with E-state index in [-0.39, 0.29) is 4.83 Å². The van der Waals surface area contributed by atoms with Crippen LogP contribution < -0.4 is 0 Å². The molecule has 1 aliphatic rings. The molecule has 1 atom stereocenters. The molecule has 0 spiro atoms. The van der Waals surface area contributed by atoms with Gasteiger partial charge in [0.2, 0.25) is 0 Å². The molecule has 0 amide bonds. The highest BCUT2D eigenvalue weighted by molar-refractivity contribution is 9.09. The van der Waals surface area contributed by atoms with Gasteiger partial charge in [-0.15, -0.1) is 0 Å². The van der Waals surface area contributed by atoms with Gasteiger partial charge in [0.05, 0.1) is 4.83 Å². The SMILES string of the molecule is OC1=C(c2ccccc2)C=CCC1Br. The van der Waals surface area contributed by atoms with E-state index in [2.05, 4.69) is 22.0 Å². The molecule has 1 N–H and O–H groups in total. The van der Waals surface area contributed by atoms with E-state index in [9.17, 15) is 5.11 Å². The van der Waals surface area contributed by atoms with Crippen molar-refractivity contribution in [3.63, 3.8) is 0 Å². The third kappa shape index (κ3) is 1.75. The number of alkyl halides is 1. The molecule has 0 saturated heterocycles. The van der Waals surface area contributed by atoms with Crippen LogP contribution in [0.25, 0.3) is 5.57 Å². The van der Waals surface area contributed by atoms with Crippen molar-refractivity contribution in [2.75, 3.05) is 0 Å². The van der Waals surface area contributed by atoms with E-state index in [1.54, 1.807) is 0 Å². The zero-order valence-corrected chi connectivity index (χ0v) is 9.24. The van der Waals surface area contributed by atoms with E-state index in [1.807, 2.05) is 36.4 Å². The minimum Gasteiger partial charge on any atom is -0.510 e. The molecule has 1 nitrogen and oxygen atoms in total. The summed E-state index contributed by atoms with van der Waals surface area (Å²) in [6.45, 7) is 0. The van der Waals surface area contributed by atoms with Crippen molar-refractivity contribution in [2.45, 2.75) is 11.2 Å². The molecule has 1 aliphatic carbocycles. The molecule has 1 unspecified atom stereocenters. The number of benzene rings is 1. The average Bonchev–Trinajstić information content (AvgIpc) is 2.23. The molecule has 0 bridgehead atoms. The Morgan fingerprint density at radius 3 is 2.64 bits per heavy atom. The molecule has 14 heavy (non-hydrogen) atoms. The summed E-state index contributed by atoms with van der Waals surface area (Å²) in [5.74, 6) is 0.429. The van der Waals surface area contributed by atoms with Crippen molar-refractivity contribution in [3.8, 4) is 0 Å². The van der Waals surface area contributed by atoms with Crippen molar-refractivity contribution in [2.24, 2.45) is 0 Å². The van der Waals surface area contributed by atoms with Gasteiger partial charge in [0.25, 0.3) is 0 Å². The van der Waals surface area contributed by atoms with Gasteiger partial charge in [0.1, 0.15) is 5.76 Å². The van der Waals surface area contributed by atoms with Gasteiger partial charge in [-0.2, -0.15) is 0 Å². The molecule has 2 rings (SSSR count). The maximum atomic E-state index is 9.87. The van der Waals surface area contributed by atoms with Gasteiger partial charge in [0, 0.05) is 5.57 Å². The Morgan fingerprint density at radius 1 is 1.21 bits per heavy atom. The fourth-order valence-corrected chi connectivity index (χ4v) is 2.00. The van der Waals surface area contributed by atoms with Crippen molar-refractivity contribution < 1.29 is 5.11 Å². The van der Waals surface area contributed by atoms with E-state index in [0.717, 1.165) is 17.6 Å². The minimum absolute atomic E-state index is 0.0581. The Hall–Kier alpha value is -1.02. The summed E-state index contributed by atoms with van der Waals surface area (Å²) >= 11 is 3.43. The van der Waals surface area contributed by atoms with Crippen molar-refractivity contribution in [1.82, 2.24) is 0 Å². The van der Waals surface area contributed by atoms with Gasteiger partial charge in [-0.25, -0.2) is 0 Å².